The quantitative estimate of drug-likeness (QED) is 0.643. The number of benzene rings is 3. The molecule has 0 amide bonds. The molecule has 0 unspecified atom stereocenters. The topological polar surface area (TPSA) is 26.0 Å². The van der Waals surface area contributed by atoms with Crippen LogP contribution in [0.15, 0.2) is 74.9 Å². The number of fused-ring (bicyclic) bond motifs is 1. The Morgan fingerprint density at radius 1 is 0.905 bits per heavy atom. The first kappa shape index (κ1) is 14.6. The van der Waals surface area contributed by atoms with Gasteiger partial charge in [-0.25, -0.2) is 0 Å². The van der Waals surface area contributed by atoms with Gasteiger partial charge in [0.25, 0.3) is 0 Å². The van der Waals surface area contributed by atoms with Crippen molar-refractivity contribution in [2.24, 2.45) is 5.73 Å². The van der Waals surface area contributed by atoms with Crippen molar-refractivity contribution in [2.45, 2.75) is 22.8 Å². The van der Waals surface area contributed by atoms with Crippen molar-refractivity contribution >= 4 is 38.5 Å². The molecule has 0 radical (unpaired) electrons. The monoisotopic (exact) mass is 357 g/mol. The lowest BCUT2D eigenvalue weighted by Gasteiger charge is -2.10. The van der Waals surface area contributed by atoms with Gasteiger partial charge in [-0.1, -0.05) is 64.1 Å². The zero-order chi connectivity index (χ0) is 14.8. The molecule has 1 nitrogen and oxygen atoms in total. The van der Waals surface area contributed by atoms with Gasteiger partial charge in [-0.05, 0) is 47.5 Å². The van der Waals surface area contributed by atoms with E-state index in [1.165, 1.54) is 20.6 Å². The zero-order valence-corrected chi connectivity index (χ0v) is 14.1. The third kappa shape index (κ3) is 3.31. The molecule has 0 spiro atoms. The van der Waals surface area contributed by atoms with Gasteiger partial charge < -0.3 is 5.73 Å². The number of rotatable bonds is 3. The predicted molar refractivity (Wildman–Crippen MR) is 94.8 cm³/mol. The fraction of sp³-hybridized carbons (Fsp3) is 0.111. The summed E-state index contributed by atoms with van der Waals surface area (Å²) in [5, 5.41) is 2.55. The first-order chi connectivity index (χ1) is 10.1. The first-order valence-corrected chi connectivity index (χ1v) is 8.46. The Hall–Kier alpha value is -1.29. The number of halogens is 1. The van der Waals surface area contributed by atoms with Crippen LogP contribution in [0.2, 0.25) is 0 Å². The minimum atomic E-state index is 0.0408. The zero-order valence-electron chi connectivity index (χ0n) is 11.7. The van der Waals surface area contributed by atoms with Gasteiger partial charge in [-0.2, -0.15) is 0 Å². The van der Waals surface area contributed by atoms with Crippen LogP contribution >= 0.6 is 27.7 Å². The predicted octanol–water partition coefficient (Wildman–Crippen LogP) is 5.77. The third-order valence-electron chi connectivity index (χ3n) is 3.42. The van der Waals surface area contributed by atoms with Crippen molar-refractivity contribution < 1.29 is 0 Å². The number of hydrogen-bond acceptors (Lipinski definition) is 2. The van der Waals surface area contributed by atoms with Crippen molar-refractivity contribution in [3.05, 3.63) is 70.7 Å². The molecule has 3 rings (SSSR count). The molecule has 1 atom stereocenters. The number of hydrogen-bond donors (Lipinski definition) is 1. The van der Waals surface area contributed by atoms with Crippen LogP contribution in [0.3, 0.4) is 0 Å². The highest BCUT2D eigenvalue weighted by Gasteiger charge is 2.07. The molecule has 0 heterocycles. The molecular weight excluding hydrogens is 342 g/mol. The van der Waals surface area contributed by atoms with Gasteiger partial charge in [0.15, 0.2) is 0 Å². The van der Waals surface area contributed by atoms with Crippen LogP contribution in [-0.4, -0.2) is 0 Å². The number of nitrogens with two attached hydrogens (primary N) is 1. The van der Waals surface area contributed by atoms with Crippen LogP contribution in [-0.2, 0) is 0 Å². The summed E-state index contributed by atoms with van der Waals surface area (Å²) in [7, 11) is 0. The Morgan fingerprint density at radius 3 is 2.29 bits per heavy atom. The lowest BCUT2D eigenvalue weighted by atomic mass is 10.1. The van der Waals surface area contributed by atoms with Gasteiger partial charge in [0.1, 0.15) is 0 Å². The maximum atomic E-state index is 5.94. The highest BCUT2D eigenvalue weighted by Crippen LogP contribution is 2.33. The van der Waals surface area contributed by atoms with Crippen LogP contribution < -0.4 is 5.73 Å². The molecule has 0 fully saturated rings. The molecule has 0 aliphatic heterocycles. The van der Waals surface area contributed by atoms with Crippen molar-refractivity contribution in [3.8, 4) is 0 Å². The van der Waals surface area contributed by atoms with Crippen LogP contribution in [0.1, 0.15) is 18.5 Å². The standard InChI is InChI=1S/C18H16BrNS/c1-12(20)17-9-8-16(11-18(17)19)21-15-7-6-13-4-2-3-5-14(13)10-15/h2-12H,20H2,1H3/t12-/m0/s1. The molecule has 0 aromatic heterocycles. The van der Waals surface area contributed by atoms with E-state index in [9.17, 15) is 0 Å². The van der Waals surface area contributed by atoms with E-state index < -0.39 is 0 Å². The van der Waals surface area contributed by atoms with Gasteiger partial charge in [-0.3, -0.25) is 0 Å². The molecule has 0 saturated carbocycles. The normalized spacial score (nSPS) is 12.5. The van der Waals surface area contributed by atoms with Gasteiger partial charge in [0.05, 0.1) is 0 Å². The van der Waals surface area contributed by atoms with E-state index in [0.717, 1.165) is 10.0 Å². The lowest BCUT2D eigenvalue weighted by Crippen LogP contribution is -2.05. The summed E-state index contributed by atoms with van der Waals surface area (Å²) >= 11 is 5.37. The largest absolute Gasteiger partial charge is 0.324 e. The minimum absolute atomic E-state index is 0.0408. The molecule has 3 heteroatoms. The molecular formula is C18H16BrNS. The van der Waals surface area contributed by atoms with E-state index in [0.29, 0.717) is 0 Å². The van der Waals surface area contributed by atoms with Crippen LogP contribution in [0.25, 0.3) is 10.8 Å². The van der Waals surface area contributed by atoms with Gasteiger partial charge in [0, 0.05) is 20.3 Å². The van der Waals surface area contributed by atoms with Crippen molar-refractivity contribution in [1.29, 1.82) is 0 Å². The maximum absolute atomic E-state index is 5.94. The SMILES string of the molecule is C[C@H](N)c1ccc(Sc2ccc3ccccc3c2)cc1Br. The van der Waals surface area contributed by atoms with Gasteiger partial charge in [0.2, 0.25) is 0 Å². The molecule has 0 saturated heterocycles. The summed E-state index contributed by atoms with van der Waals surface area (Å²) < 4.78 is 1.07. The van der Waals surface area contributed by atoms with Crippen LogP contribution in [0.5, 0.6) is 0 Å². The van der Waals surface area contributed by atoms with E-state index in [2.05, 4.69) is 76.6 Å². The van der Waals surface area contributed by atoms with Gasteiger partial charge in [-0.15, -0.1) is 0 Å². The average Bonchev–Trinajstić information content (AvgIpc) is 2.47. The van der Waals surface area contributed by atoms with E-state index in [-0.39, 0.29) is 6.04 Å². The summed E-state index contributed by atoms with van der Waals surface area (Å²) in [5.41, 5.74) is 7.08. The fourth-order valence-electron chi connectivity index (χ4n) is 2.31. The maximum Gasteiger partial charge on any atom is 0.0277 e. The summed E-state index contributed by atoms with van der Waals surface area (Å²) in [6.45, 7) is 2.00. The van der Waals surface area contributed by atoms with Crippen LogP contribution in [0.4, 0.5) is 0 Å². The molecule has 0 bridgehead atoms. The second-order valence-corrected chi connectivity index (χ2v) is 7.08. The van der Waals surface area contributed by atoms with E-state index in [1.54, 1.807) is 11.8 Å². The Morgan fingerprint density at radius 2 is 1.57 bits per heavy atom. The fourth-order valence-corrected chi connectivity index (χ4v) is 4.11. The minimum Gasteiger partial charge on any atom is -0.324 e. The molecule has 0 aliphatic rings. The summed E-state index contributed by atoms with van der Waals surface area (Å²) in [6.07, 6.45) is 0. The van der Waals surface area contributed by atoms with E-state index in [1.807, 2.05) is 6.92 Å². The second kappa shape index (κ2) is 6.22. The smallest absolute Gasteiger partial charge is 0.0277 e. The van der Waals surface area contributed by atoms with E-state index in [4.69, 9.17) is 5.73 Å². The Bertz CT molecular complexity index is 783. The third-order valence-corrected chi connectivity index (χ3v) is 5.09. The lowest BCUT2D eigenvalue weighted by molar-refractivity contribution is 0.811. The molecule has 3 aromatic rings. The second-order valence-electron chi connectivity index (χ2n) is 5.08. The van der Waals surface area contributed by atoms with Crippen molar-refractivity contribution in [2.75, 3.05) is 0 Å². The first-order valence-electron chi connectivity index (χ1n) is 6.85. The highest BCUT2D eigenvalue weighted by molar-refractivity contribution is 9.10. The summed E-state index contributed by atoms with van der Waals surface area (Å²) in [6, 6.07) is 21.4. The molecule has 106 valence electrons. The van der Waals surface area contributed by atoms with E-state index >= 15 is 0 Å². The van der Waals surface area contributed by atoms with Crippen molar-refractivity contribution in [3.63, 3.8) is 0 Å². The summed E-state index contributed by atoms with van der Waals surface area (Å²) in [4.78, 5) is 2.45. The molecule has 0 aliphatic carbocycles. The molecule has 21 heavy (non-hydrogen) atoms. The Kier molecular flexibility index (Phi) is 4.34. The highest BCUT2D eigenvalue weighted by atomic mass is 79.9. The molecule has 3 aromatic carbocycles. The summed E-state index contributed by atoms with van der Waals surface area (Å²) in [5.74, 6) is 0. The Labute approximate surface area is 137 Å². The van der Waals surface area contributed by atoms with Crippen molar-refractivity contribution in [1.82, 2.24) is 0 Å². The average molecular weight is 358 g/mol. The Balaban J connectivity index is 1.89. The van der Waals surface area contributed by atoms with Crippen LogP contribution in [0, 0.1) is 0 Å². The van der Waals surface area contributed by atoms with Gasteiger partial charge >= 0.3 is 0 Å². The molecule has 2 N–H and O–H groups in total.